The monoisotopic (exact) mass is 248 g/mol. The van der Waals surface area contributed by atoms with Gasteiger partial charge in [0.25, 0.3) is 0 Å². The van der Waals surface area contributed by atoms with Crippen molar-refractivity contribution in [2.24, 2.45) is 0 Å². The van der Waals surface area contributed by atoms with E-state index in [0.717, 1.165) is 0 Å². The second kappa shape index (κ2) is 10.1. The lowest BCUT2D eigenvalue weighted by molar-refractivity contribution is -0.703. The molecule has 0 fully saturated rings. The van der Waals surface area contributed by atoms with Gasteiger partial charge < -0.3 is 0 Å². The predicted molar refractivity (Wildman–Crippen MR) is 78.6 cm³/mol. The van der Waals surface area contributed by atoms with E-state index in [-0.39, 0.29) is 0 Å². The van der Waals surface area contributed by atoms with E-state index in [4.69, 9.17) is 0 Å². The van der Waals surface area contributed by atoms with Crippen LogP contribution in [0.4, 0.5) is 0 Å². The first-order valence-corrected chi connectivity index (χ1v) is 7.79. The lowest BCUT2D eigenvalue weighted by atomic mass is 10.1. The molecule has 1 rings (SSSR count). The predicted octanol–water partition coefficient (Wildman–Crippen LogP) is 4.81. The first kappa shape index (κ1) is 15.2. The van der Waals surface area contributed by atoms with Gasteiger partial charge in [0, 0.05) is 25.5 Å². The summed E-state index contributed by atoms with van der Waals surface area (Å²) in [7, 11) is 0. The van der Waals surface area contributed by atoms with Crippen molar-refractivity contribution in [3.63, 3.8) is 0 Å². The maximum atomic E-state index is 2.36. The molecular formula is C17H30N+. The van der Waals surface area contributed by atoms with E-state index in [1.54, 1.807) is 0 Å². The average molecular weight is 248 g/mol. The molecular weight excluding hydrogens is 218 g/mol. The van der Waals surface area contributed by atoms with Crippen LogP contribution in [-0.4, -0.2) is 0 Å². The minimum absolute atomic E-state index is 1.18. The van der Waals surface area contributed by atoms with Gasteiger partial charge in [-0.15, -0.1) is 0 Å². The molecule has 0 aliphatic rings. The van der Waals surface area contributed by atoms with E-state index in [0.29, 0.717) is 0 Å². The van der Waals surface area contributed by atoms with Gasteiger partial charge in [-0.1, -0.05) is 57.9 Å². The molecule has 1 nitrogen and oxygen atoms in total. The van der Waals surface area contributed by atoms with E-state index in [1.165, 1.54) is 70.0 Å². The number of hydrogen-bond acceptors (Lipinski definition) is 0. The van der Waals surface area contributed by atoms with E-state index in [9.17, 15) is 0 Å². The quantitative estimate of drug-likeness (QED) is 0.413. The largest absolute Gasteiger partial charge is 0.203 e. The number of nitrogens with zero attached hydrogens (tertiary/aromatic N) is 1. The van der Waals surface area contributed by atoms with Crippen LogP contribution in [-0.2, 0) is 6.54 Å². The Morgan fingerprint density at radius 2 is 1.44 bits per heavy atom. The van der Waals surface area contributed by atoms with Gasteiger partial charge in [-0.25, -0.2) is 4.57 Å². The molecule has 102 valence electrons. The summed E-state index contributed by atoms with van der Waals surface area (Å²) in [5.41, 5.74) is 1.37. The van der Waals surface area contributed by atoms with Gasteiger partial charge in [0.15, 0.2) is 11.9 Å². The number of aryl methyl sites for hydroxylation is 2. The van der Waals surface area contributed by atoms with Crippen LogP contribution < -0.4 is 4.57 Å². The van der Waals surface area contributed by atoms with Crippen molar-refractivity contribution in [3.05, 3.63) is 30.1 Å². The summed E-state index contributed by atoms with van der Waals surface area (Å²) < 4.78 is 2.36. The molecule has 0 bridgehead atoms. The SMILES string of the molecule is CCCCCCCCCCC[n+]1ccccc1C. The highest BCUT2D eigenvalue weighted by Crippen LogP contribution is 2.09. The molecule has 0 N–H and O–H groups in total. The van der Waals surface area contributed by atoms with E-state index in [2.05, 4.69) is 42.8 Å². The van der Waals surface area contributed by atoms with Crippen LogP contribution in [0.15, 0.2) is 24.4 Å². The van der Waals surface area contributed by atoms with Gasteiger partial charge in [-0.2, -0.15) is 0 Å². The van der Waals surface area contributed by atoms with Crippen LogP contribution in [0.2, 0.25) is 0 Å². The lowest BCUT2D eigenvalue weighted by Crippen LogP contribution is -2.36. The molecule has 0 spiro atoms. The zero-order valence-corrected chi connectivity index (χ0v) is 12.3. The third-order valence-electron chi connectivity index (χ3n) is 3.67. The summed E-state index contributed by atoms with van der Waals surface area (Å²) in [4.78, 5) is 0. The molecule has 18 heavy (non-hydrogen) atoms. The Hall–Kier alpha value is -0.850. The molecule has 0 saturated heterocycles. The minimum atomic E-state index is 1.18. The van der Waals surface area contributed by atoms with Gasteiger partial charge in [-0.3, -0.25) is 0 Å². The smallest absolute Gasteiger partial charge is 0.178 e. The summed E-state index contributed by atoms with van der Waals surface area (Å²) >= 11 is 0. The fraction of sp³-hybridized carbons (Fsp3) is 0.706. The van der Waals surface area contributed by atoms with Crippen LogP contribution in [0.3, 0.4) is 0 Å². The van der Waals surface area contributed by atoms with Crippen LogP contribution in [0, 0.1) is 6.92 Å². The van der Waals surface area contributed by atoms with Crippen molar-refractivity contribution in [1.29, 1.82) is 0 Å². The topological polar surface area (TPSA) is 3.88 Å². The molecule has 0 radical (unpaired) electrons. The molecule has 1 aromatic heterocycles. The Labute approximate surface area is 113 Å². The zero-order chi connectivity index (χ0) is 13.1. The molecule has 1 heterocycles. The van der Waals surface area contributed by atoms with Gasteiger partial charge in [0.05, 0.1) is 0 Å². The van der Waals surface area contributed by atoms with Crippen LogP contribution in [0.1, 0.15) is 70.4 Å². The summed E-state index contributed by atoms with van der Waals surface area (Å²) in [5.74, 6) is 0. The van der Waals surface area contributed by atoms with Crippen LogP contribution >= 0.6 is 0 Å². The van der Waals surface area contributed by atoms with Crippen molar-refractivity contribution >= 4 is 0 Å². The Morgan fingerprint density at radius 1 is 0.833 bits per heavy atom. The van der Waals surface area contributed by atoms with Crippen molar-refractivity contribution in [2.75, 3.05) is 0 Å². The van der Waals surface area contributed by atoms with Crippen molar-refractivity contribution in [2.45, 2.75) is 78.2 Å². The average Bonchev–Trinajstić information content (AvgIpc) is 2.39. The highest BCUT2D eigenvalue weighted by Gasteiger charge is 2.02. The Balaban J connectivity index is 1.94. The molecule has 0 aliphatic heterocycles. The highest BCUT2D eigenvalue weighted by atomic mass is 14.9. The Morgan fingerprint density at radius 3 is 2.06 bits per heavy atom. The molecule has 0 aromatic carbocycles. The standard InChI is InChI=1S/C17H30N/c1-3-4-5-6-7-8-9-10-12-15-18-16-13-11-14-17(18)2/h11,13-14,16H,3-10,12,15H2,1-2H3/q+1. The highest BCUT2D eigenvalue weighted by molar-refractivity contribution is 4.93. The first-order valence-electron chi connectivity index (χ1n) is 7.79. The minimum Gasteiger partial charge on any atom is -0.203 e. The van der Waals surface area contributed by atoms with Gasteiger partial charge in [0.1, 0.15) is 6.54 Å². The van der Waals surface area contributed by atoms with Gasteiger partial charge in [0.2, 0.25) is 0 Å². The molecule has 0 aliphatic carbocycles. The van der Waals surface area contributed by atoms with Crippen molar-refractivity contribution in [1.82, 2.24) is 0 Å². The number of unbranched alkanes of at least 4 members (excludes halogenated alkanes) is 8. The molecule has 0 saturated carbocycles. The van der Waals surface area contributed by atoms with E-state index >= 15 is 0 Å². The molecule has 0 amide bonds. The third kappa shape index (κ3) is 6.78. The van der Waals surface area contributed by atoms with Crippen LogP contribution in [0.25, 0.3) is 0 Å². The summed E-state index contributed by atoms with van der Waals surface area (Å²) in [6.45, 7) is 5.65. The van der Waals surface area contributed by atoms with Gasteiger partial charge >= 0.3 is 0 Å². The number of rotatable bonds is 10. The van der Waals surface area contributed by atoms with Crippen molar-refractivity contribution in [3.8, 4) is 0 Å². The summed E-state index contributed by atoms with van der Waals surface area (Å²) in [6.07, 6.45) is 14.9. The maximum Gasteiger partial charge on any atom is 0.178 e. The summed E-state index contributed by atoms with van der Waals surface area (Å²) in [6, 6.07) is 6.43. The zero-order valence-electron chi connectivity index (χ0n) is 12.3. The normalized spacial score (nSPS) is 10.8. The fourth-order valence-corrected chi connectivity index (χ4v) is 2.41. The molecule has 1 aromatic rings. The van der Waals surface area contributed by atoms with E-state index < -0.39 is 0 Å². The number of pyridine rings is 1. The number of hydrogen-bond donors (Lipinski definition) is 0. The fourth-order valence-electron chi connectivity index (χ4n) is 2.41. The van der Waals surface area contributed by atoms with Gasteiger partial charge in [-0.05, 0) is 6.42 Å². The number of aromatic nitrogens is 1. The molecule has 0 unspecified atom stereocenters. The first-order chi connectivity index (χ1) is 8.84. The Kier molecular flexibility index (Phi) is 8.54. The van der Waals surface area contributed by atoms with Crippen molar-refractivity contribution < 1.29 is 4.57 Å². The molecule has 0 atom stereocenters. The summed E-state index contributed by atoms with van der Waals surface area (Å²) in [5, 5.41) is 0. The second-order valence-electron chi connectivity index (χ2n) is 5.36. The Bertz CT molecular complexity index is 306. The second-order valence-corrected chi connectivity index (χ2v) is 5.36. The molecule has 1 heteroatoms. The van der Waals surface area contributed by atoms with E-state index in [1.807, 2.05) is 0 Å². The lowest BCUT2D eigenvalue weighted by Gasteiger charge is -2.02. The maximum absolute atomic E-state index is 2.36. The van der Waals surface area contributed by atoms with Crippen LogP contribution in [0.5, 0.6) is 0 Å². The third-order valence-corrected chi connectivity index (χ3v) is 3.67.